The monoisotopic (exact) mass is 1120 g/mol. The van der Waals surface area contributed by atoms with Gasteiger partial charge in [0.25, 0.3) is 0 Å². The molecule has 0 aliphatic heterocycles. The van der Waals surface area contributed by atoms with Crippen molar-refractivity contribution >= 4 is 17.9 Å². The Morgan fingerprint density at radius 3 is 0.840 bits per heavy atom. The van der Waals surface area contributed by atoms with Crippen molar-refractivity contribution in [1.82, 2.24) is 0 Å². The van der Waals surface area contributed by atoms with Gasteiger partial charge in [-0.25, -0.2) is 0 Å². The summed E-state index contributed by atoms with van der Waals surface area (Å²) in [5, 5.41) is 0. The average Bonchev–Trinajstić information content (AvgIpc) is 3.47. The molecule has 0 aromatic rings. The van der Waals surface area contributed by atoms with Crippen molar-refractivity contribution in [2.75, 3.05) is 13.2 Å². The maximum Gasteiger partial charge on any atom is 0.306 e. The zero-order chi connectivity index (χ0) is 58.5. The van der Waals surface area contributed by atoms with E-state index in [9.17, 15) is 14.4 Å². The Morgan fingerprint density at radius 1 is 0.259 bits per heavy atom. The lowest BCUT2D eigenvalue weighted by Crippen LogP contribution is -2.30. The molecule has 0 amide bonds. The van der Waals surface area contributed by atoms with E-state index in [1.54, 1.807) is 0 Å². The quantitative estimate of drug-likeness (QED) is 0.0261. The molecule has 0 radical (unpaired) electrons. The fourth-order valence-corrected chi connectivity index (χ4v) is 9.33. The summed E-state index contributed by atoms with van der Waals surface area (Å²) in [6.45, 7) is 6.44. The van der Waals surface area contributed by atoms with Crippen molar-refractivity contribution in [3.05, 3.63) is 122 Å². The van der Waals surface area contributed by atoms with Gasteiger partial charge < -0.3 is 14.2 Å². The number of allylic oxidation sites excluding steroid dienone is 20. The summed E-state index contributed by atoms with van der Waals surface area (Å²) < 4.78 is 16.9. The van der Waals surface area contributed by atoms with E-state index >= 15 is 0 Å². The minimum Gasteiger partial charge on any atom is -0.462 e. The Morgan fingerprint density at radius 2 is 0.506 bits per heavy atom. The van der Waals surface area contributed by atoms with Crippen molar-refractivity contribution in [2.24, 2.45) is 0 Å². The molecule has 0 aromatic carbocycles. The highest BCUT2D eigenvalue weighted by atomic mass is 16.6. The van der Waals surface area contributed by atoms with Gasteiger partial charge in [0.05, 0.1) is 0 Å². The van der Waals surface area contributed by atoms with Crippen molar-refractivity contribution in [3.63, 3.8) is 0 Å². The first-order valence-corrected chi connectivity index (χ1v) is 34.0. The molecule has 1 unspecified atom stereocenters. The summed E-state index contributed by atoms with van der Waals surface area (Å²) in [5.41, 5.74) is 0. The van der Waals surface area contributed by atoms with Crippen LogP contribution >= 0.6 is 0 Å². The van der Waals surface area contributed by atoms with Gasteiger partial charge in [0, 0.05) is 19.3 Å². The van der Waals surface area contributed by atoms with Crippen LogP contribution < -0.4 is 0 Å². The lowest BCUT2D eigenvalue weighted by molar-refractivity contribution is -0.167. The number of hydrogen-bond donors (Lipinski definition) is 0. The fraction of sp³-hybridized carbons (Fsp3) is 0.693. The predicted octanol–water partition coefficient (Wildman–Crippen LogP) is 23.6. The fourth-order valence-electron chi connectivity index (χ4n) is 9.33. The first-order chi connectivity index (χ1) is 40.0. The van der Waals surface area contributed by atoms with Gasteiger partial charge in [0.15, 0.2) is 6.10 Å². The van der Waals surface area contributed by atoms with E-state index in [-0.39, 0.29) is 37.5 Å². The summed E-state index contributed by atoms with van der Waals surface area (Å²) in [4.78, 5) is 38.3. The van der Waals surface area contributed by atoms with E-state index in [0.29, 0.717) is 19.3 Å². The molecule has 0 saturated carbocycles. The lowest BCUT2D eigenvalue weighted by Gasteiger charge is -2.18. The second-order valence-electron chi connectivity index (χ2n) is 22.3. The third kappa shape index (κ3) is 66.5. The van der Waals surface area contributed by atoms with Gasteiger partial charge in [-0.3, -0.25) is 14.4 Å². The van der Waals surface area contributed by atoms with Crippen LogP contribution in [0.25, 0.3) is 0 Å². The van der Waals surface area contributed by atoms with Crippen LogP contribution in [0.2, 0.25) is 0 Å². The molecule has 6 heteroatoms. The lowest BCUT2D eigenvalue weighted by atomic mass is 10.0. The zero-order valence-electron chi connectivity index (χ0n) is 53.0. The summed E-state index contributed by atoms with van der Waals surface area (Å²) in [6, 6.07) is 0. The molecule has 6 nitrogen and oxygen atoms in total. The van der Waals surface area contributed by atoms with E-state index in [2.05, 4.69) is 142 Å². The number of hydrogen-bond acceptors (Lipinski definition) is 6. The first-order valence-electron chi connectivity index (χ1n) is 34.0. The predicted molar refractivity (Wildman–Crippen MR) is 353 cm³/mol. The highest BCUT2D eigenvalue weighted by molar-refractivity contribution is 5.71. The summed E-state index contributed by atoms with van der Waals surface area (Å²) in [6.07, 6.45) is 95.2. The topological polar surface area (TPSA) is 78.9 Å². The SMILES string of the molecule is CC/C=C\C/C=C\C/C=C\C/C=C\C/C=C\C/C=C\C/C=C\CCCC(=O)OC(COC(=O)CCCCCCC/C=C\CCCC)COC(=O)CCCCCCCCCCCCCCCCCCC/C=C\C/C=C\CCCCCCC. The van der Waals surface area contributed by atoms with Crippen molar-refractivity contribution in [2.45, 2.75) is 322 Å². The van der Waals surface area contributed by atoms with Crippen LogP contribution in [0.1, 0.15) is 316 Å². The first kappa shape index (κ1) is 76.8. The van der Waals surface area contributed by atoms with E-state index in [4.69, 9.17) is 14.2 Å². The normalized spacial score (nSPS) is 12.9. The van der Waals surface area contributed by atoms with Crippen LogP contribution in [0.15, 0.2) is 122 Å². The van der Waals surface area contributed by atoms with Crippen LogP contribution in [0.5, 0.6) is 0 Å². The molecule has 0 heterocycles. The number of unbranched alkanes of at least 4 members (excludes halogenated alkanes) is 30. The number of rotatable bonds is 61. The second-order valence-corrected chi connectivity index (χ2v) is 22.3. The molecule has 0 N–H and O–H groups in total. The summed E-state index contributed by atoms with van der Waals surface area (Å²) in [7, 11) is 0. The molecule has 462 valence electrons. The van der Waals surface area contributed by atoms with Crippen molar-refractivity contribution in [3.8, 4) is 0 Å². The Kier molecular flexibility index (Phi) is 64.8. The summed E-state index contributed by atoms with van der Waals surface area (Å²) in [5.74, 6) is -0.968. The molecular formula is C75H126O6. The Bertz CT molecular complexity index is 1670. The van der Waals surface area contributed by atoms with E-state index in [1.807, 2.05) is 0 Å². The maximum absolute atomic E-state index is 12.9. The van der Waals surface area contributed by atoms with Crippen molar-refractivity contribution in [1.29, 1.82) is 0 Å². The van der Waals surface area contributed by atoms with E-state index < -0.39 is 6.10 Å². The molecule has 0 aromatic heterocycles. The molecule has 0 aliphatic rings. The van der Waals surface area contributed by atoms with Gasteiger partial charge in [-0.1, -0.05) is 296 Å². The number of carbonyl (C=O) groups excluding carboxylic acids is 3. The van der Waals surface area contributed by atoms with E-state index in [0.717, 1.165) is 109 Å². The van der Waals surface area contributed by atoms with Gasteiger partial charge in [0.1, 0.15) is 13.2 Å². The zero-order valence-corrected chi connectivity index (χ0v) is 53.0. The van der Waals surface area contributed by atoms with Crippen molar-refractivity contribution < 1.29 is 28.6 Å². The standard InChI is InChI=1S/C75H126O6/c1-4-7-10-13-16-19-22-24-26-28-30-32-34-35-36-37-38-39-41-42-44-46-48-50-53-56-59-62-65-68-74(77)80-71-72(70-79-73(76)67-64-61-58-55-52-21-18-15-12-9-6-3)81-75(78)69-66-63-60-57-54-51-49-47-45-43-40-33-31-29-27-25-23-20-17-14-11-8-5-2/h8,11,15,17-18,20,22,24-25,27-28,30-31,33,43,45,49,51,57,60,72H,4-7,9-10,12-14,16,19,21,23,26,29,32,34-42,44,46-48,50,52-56,58-59,61-71H2,1-3H3/b11-8-,18-15-,20-17-,24-22-,27-25-,30-28-,33-31-,45-43-,51-49-,60-57-. The third-order valence-electron chi connectivity index (χ3n) is 14.4. The van der Waals surface area contributed by atoms with Gasteiger partial charge in [-0.15, -0.1) is 0 Å². The molecule has 81 heavy (non-hydrogen) atoms. The molecule has 0 saturated heterocycles. The van der Waals surface area contributed by atoms with Crippen LogP contribution in [-0.2, 0) is 28.6 Å². The Hall–Kier alpha value is -4.19. The largest absolute Gasteiger partial charge is 0.462 e. The van der Waals surface area contributed by atoms with E-state index in [1.165, 1.54) is 161 Å². The maximum atomic E-state index is 12.9. The molecule has 0 rings (SSSR count). The van der Waals surface area contributed by atoms with Gasteiger partial charge in [0.2, 0.25) is 0 Å². The highest BCUT2D eigenvalue weighted by Gasteiger charge is 2.19. The minimum atomic E-state index is -0.815. The Balaban J connectivity index is 4.30. The number of carbonyl (C=O) groups is 3. The molecular weight excluding hydrogens is 997 g/mol. The molecule has 0 bridgehead atoms. The number of esters is 3. The second kappa shape index (κ2) is 68.3. The molecule has 0 fully saturated rings. The van der Waals surface area contributed by atoms with Crippen LogP contribution in [0.3, 0.4) is 0 Å². The van der Waals surface area contributed by atoms with Gasteiger partial charge in [-0.05, 0) is 122 Å². The van der Waals surface area contributed by atoms with Crippen LogP contribution in [0, 0.1) is 0 Å². The van der Waals surface area contributed by atoms with Gasteiger partial charge in [-0.2, -0.15) is 0 Å². The highest BCUT2D eigenvalue weighted by Crippen LogP contribution is 2.16. The van der Waals surface area contributed by atoms with Crippen LogP contribution in [0.4, 0.5) is 0 Å². The molecule has 0 aliphatic carbocycles. The summed E-state index contributed by atoms with van der Waals surface area (Å²) >= 11 is 0. The minimum absolute atomic E-state index is 0.104. The molecule has 0 spiro atoms. The average molecular weight is 1120 g/mol. The smallest absolute Gasteiger partial charge is 0.306 e. The molecule has 1 atom stereocenters. The third-order valence-corrected chi connectivity index (χ3v) is 14.4. The Labute approximate surface area is 501 Å². The van der Waals surface area contributed by atoms with Crippen LogP contribution in [-0.4, -0.2) is 37.2 Å². The van der Waals surface area contributed by atoms with Gasteiger partial charge >= 0.3 is 17.9 Å². The number of ether oxygens (including phenoxy) is 3.